The lowest BCUT2D eigenvalue weighted by Gasteiger charge is -2.29. The molecule has 126 valence electrons. The number of anilines is 1. The number of carbonyl (C=O) groups is 3. The minimum Gasteiger partial charge on any atom is -0.465 e. The number of esters is 1. The molecule has 0 radical (unpaired) electrons. The van der Waals surface area contributed by atoms with Crippen LogP contribution in [0.2, 0.25) is 0 Å². The van der Waals surface area contributed by atoms with Crippen molar-refractivity contribution in [1.29, 1.82) is 0 Å². The van der Waals surface area contributed by atoms with Crippen LogP contribution in [0.25, 0.3) is 0 Å². The molecule has 0 spiro atoms. The first kappa shape index (κ1) is 18.7. The highest BCUT2D eigenvalue weighted by Crippen LogP contribution is 2.26. The number of rotatable bonds is 8. The zero-order valence-electron chi connectivity index (χ0n) is 13.7. The van der Waals surface area contributed by atoms with Crippen molar-refractivity contribution in [1.82, 2.24) is 0 Å². The molecule has 6 heteroatoms. The van der Waals surface area contributed by atoms with Crippen LogP contribution in [0, 0.1) is 0 Å². The summed E-state index contributed by atoms with van der Waals surface area (Å²) in [5.41, 5.74) is 0.303. The van der Waals surface area contributed by atoms with Gasteiger partial charge in [0.15, 0.2) is 5.78 Å². The Morgan fingerprint density at radius 1 is 1.17 bits per heavy atom. The lowest BCUT2D eigenvalue weighted by molar-refractivity contribution is -0.120. The van der Waals surface area contributed by atoms with E-state index in [0.717, 1.165) is 4.90 Å². The second-order valence-corrected chi connectivity index (χ2v) is 5.18. The molecule has 0 fully saturated rings. The van der Waals surface area contributed by atoms with Crippen molar-refractivity contribution in [3.8, 4) is 0 Å². The van der Waals surface area contributed by atoms with Gasteiger partial charge in [0.25, 0.3) is 0 Å². The second-order valence-electron chi connectivity index (χ2n) is 5.18. The van der Waals surface area contributed by atoms with Gasteiger partial charge in [-0.25, -0.2) is 9.59 Å². The molecule has 0 aromatic heterocycles. The van der Waals surface area contributed by atoms with Gasteiger partial charge in [0.05, 0.1) is 24.4 Å². The molecule has 0 bridgehead atoms. The lowest BCUT2D eigenvalue weighted by atomic mass is 10.00. The smallest absolute Gasteiger partial charge is 0.412 e. The summed E-state index contributed by atoms with van der Waals surface area (Å²) in [7, 11) is 1.23. The van der Waals surface area contributed by atoms with E-state index >= 15 is 0 Å². The molecule has 6 nitrogen and oxygen atoms in total. The third-order valence-electron chi connectivity index (χ3n) is 3.52. The number of hydrogen-bond acceptors (Lipinski definition) is 4. The highest BCUT2D eigenvalue weighted by molar-refractivity contribution is 6.04. The maximum absolute atomic E-state index is 12.4. The number of nitrogens with zero attached hydrogens (tertiary/aromatic N) is 1. The Labute approximate surface area is 136 Å². The minimum atomic E-state index is -1.26. The molecule has 1 unspecified atom stereocenters. The molecule has 1 aromatic rings. The van der Waals surface area contributed by atoms with Crippen molar-refractivity contribution in [2.75, 3.05) is 12.0 Å². The largest absolute Gasteiger partial charge is 0.465 e. The van der Waals surface area contributed by atoms with E-state index in [9.17, 15) is 19.5 Å². The number of benzene rings is 1. The number of Topliss-reactive ketones (excluding diaryl/α,β-unsaturated/α-hetero) is 1. The van der Waals surface area contributed by atoms with E-state index in [1.807, 2.05) is 13.8 Å². The molecule has 0 aliphatic rings. The molecule has 23 heavy (non-hydrogen) atoms. The molecule has 0 aliphatic carbocycles. The van der Waals surface area contributed by atoms with Crippen molar-refractivity contribution in [2.24, 2.45) is 0 Å². The topological polar surface area (TPSA) is 83.9 Å². The summed E-state index contributed by atoms with van der Waals surface area (Å²) in [5, 5.41) is 9.64. The fraction of sp³-hybridized carbons (Fsp3) is 0.471. The normalized spacial score (nSPS) is 11.6. The first-order valence-corrected chi connectivity index (χ1v) is 7.70. The summed E-state index contributed by atoms with van der Waals surface area (Å²) in [6.45, 7) is 3.76. The van der Waals surface area contributed by atoms with Gasteiger partial charge in [-0.1, -0.05) is 32.4 Å². The maximum atomic E-state index is 12.4. The summed E-state index contributed by atoms with van der Waals surface area (Å²) in [4.78, 5) is 37.1. The number of para-hydroxylation sites is 1. The van der Waals surface area contributed by atoms with Crippen LogP contribution in [0.5, 0.6) is 0 Å². The number of ketones is 1. The molecule has 0 saturated heterocycles. The monoisotopic (exact) mass is 321 g/mol. The van der Waals surface area contributed by atoms with Crippen molar-refractivity contribution in [2.45, 2.75) is 45.6 Å². The van der Waals surface area contributed by atoms with E-state index in [1.165, 1.54) is 19.2 Å². The van der Waals surface area contributed by atoms with Gasteiger partial charge in [-0.15, -0.1) is 0 Å². The van der Waals surface area contributed by atoms with Gasteiger partial charge in [-0.05, 0) is 25.0 Å². The van der Waals surface area contributed by atoms with Crippen LogP contribution in [-0.4, -0.2) is 36.1 Å². The van der Waals surface area contributed by atoms with Gasteiger partial charge < -0.3 is 9.84 Å². The Hall–Kier alpha value is -2.37. The molecule has 0 heterocycles. The SMILES string of the molecule is CCCC(=O)C(CCC)N(C(=O)O)c1ccccc1C(=O)OC. The van der Waals surface area contributed by atoms with Crippen molar-refractivity contribution < 1.29 is 24.2 Å². The Morgan fingerprint density at radius 2 is 1.83 bits per heavy atom. The van der Waals surface area contributed by atoms with E-state index in [4.69, 9.17) is 4.74 Å². The summed E-state index contributed by atoms with van der Waals surface area (Å²) < 4.78 is 4.71. The standard InChI is InChI=1S/C17H23NO5/c1-4-8-14(15(19)9-5-2)18(17(21)22)13-11-7-6-10-12(13)16(20)23-3/h6-7,10-11,14H,4-5,8-9H2,1-3H3,(H,21,22). The maximum Gasteiger partial charge on any atom is 0.412 e. The third-order valence-corrected chi connectivity index (χ3v) is 3.52. The molecule has 1 amide bonds. The molecule has 1 rings (SSSR count). The van der Waals surface area contributed by atoms with E-state index in [0.29, 0.717) is 25.7 Å². The number of carboxylic acid groups (broad SMARTS) is 1. The van der Waals surface area contributed by atoms with Crippen LogP contribution in [-0.2, 0) is 9.53 Å². The average molecular weight is 321 g/mol. The molecule has 1 aromatic carbocycles. The van der Waals surface area contributed by atoms with E-state index < -0.39 is 18.1 Å². The van der Waals surface area contributed by atoms with Gasteiger partial charge in [0.2, 0.25) is 0 Å². The van der Waals surface area contributed by atoms with Gasteiger partial charge >= 0.3 is 12.1 Å². The fourth-order valence-corrected chi connectivity index (χ4v) is 2.49. The third kappa shape index (κ3) is 4.55. The van der Waals surface area contributed by atoms with E-state index in [2.05, 4.69) is 0 Å². The molecule has 0 aliphatic heterocycles. The molecular formula is C17H23NO5. The van der Waals surface area contributed by atoms with E-state index in [1.54, 1.807) is 12.1 Å². The van der Waals surface area contributed by atoms with Crippen molar-refractivity contribution >= 4 is 23.5 Å². The molecule has 1 N–H and O–H groups in total. The number of methoxy groups -OCH3 is 1. The molecular weight excluding hydrogens is 298 g/mol. The molecule has 1 atom stereocenters. The Balaban J connectivity index is 3.37. The Morgan fingerprint density at radius 3 is 2.35 bits per heavy atom. The first-order chi connectivity index (χ1) is 11.0. The zero-order valence-corrected chi connectivity index (χ0v) is 13.7. The van der Waals surface area contributed by atoms with Crippen molar-refractivity contribution in [3.63, 3.8) is 0 Å². The Kier molecular flexibility index (Phi) is 7.25. The summed E-state index contributed by atoms with van der Waals surface area (Å²) in [6.07, 6.45) is 0.745. The fourth-order valence-electron chi connectivity index (χ4n) is 2.49. The number of amides is 1. The average Bonchev–Trinajstić information content (AvgIpc) is 2.54. The Bertz CT molecular complexity index is 570. The van der Waals surface area contributed by atoms with Gasteiger partial charge in [0, 0.05) is 6.42 Å². The van der Waals surface area contributed by atoms with Crippen molar-refractivity contribution in [3.05, 3.63) is 29.8 Å². The predicted molar refractivity (Wildman–Crippen MR) is 86.9 cm³/mol. The van der Waals surface area contributed by atoms with E-state index in [-0.39, 0.29) is 17.0 Å². The lowest BCUT2D eigenvalue weighted by Crippen LogP contribution is -2.45. The predicted octanol–water partition coefficient (Wildman–Crippen LogP) is 3.50. The summed E-state index contributed by atoms with van der Waals surface area (Å²) >= 11 is 0. The molecule has 0 saturated carbocycles. The van der Waals surface area contributed by atoms with Gasteiger partial charge in [0.1, 0.15) is 0 Å². The number of carbonyl (C=O) groups excluding carboxylic acids is 2. The second kappa shape index (κ2) is 8.92. The van der Waals surface area contributed by atoms with Crippen LogP contribution < -0.4 is 4.90 Å². The minimum absolute atomic E-state index is 0.128. The zero-order chi connectivity index (χ0) is 17.4. The van der Waals surface area contributed by atoms with Crippen LogP contribution in [0.3, 0.4) is 0 Å². The van der Waals surface area contributed by atoms with Crippen LogP contribution in [0.1, 0.15) is 49.9 Å². The number of hydrogen-bond donors (Lipinski definition) is 1. The highest BCUT2D eigenvalue weighted by atomic mass is 16.5. The summed E-state index contributed by atoms with van der Waals surface area (Å²) in [5.74, 6) is -0.776. The van der Waals surface area contributed by atoms with Crippen LogP contribution in [0.15, 0.2) is 24.3 Å². The highest BCUT2D eigenvalue weighted by Gasteiger charge is 2.32. The summed E-state index contributed by atoms with van der Waals surface area (Å²) in [6, 6.07) is 5.46. The van der Waals surface area contributed by atoms with Gasteiger partial charge in [-0.3, -0.25) is 9.69 Å². The number of ether oxygens (including phenoxy) is 1. The van der Waals surface area contributed by atoms with Crippen LogP contribution >= 0.6 is 0 Å². The van der Waals surface area contributed by atoms with Crippen LogP contribution in [0.4, 0.5) is 10.5 Å². The quantitative estimate of drug-likeness (QED) is 0.741. The van der Waals surface area contributed by atoms with Gasteiger partial charge in [-0.2, -0.15) is 0 Å². The first-order valence-electron chi connectivity index (χ1n) is 7.70.